The minimum absolute atomic E-state index is 0.359. The van der Waals surface area contributed by atoms with E-state index in [0.717, 1.165) is 12.1 Å². The van der Waals surface area contributed by atoms with Crippen molar-refractivity contribution in [2.75, 3.05) is 27.2 Å². The normalized spacial score (nSPS) is 10.9. The van der Waals surface area contributed by atoms with Gasteiger partial charge in [-0.25, -0.2) is 0 Å². The van der Waals surface area contributed by atoms with Crippen molar-refractivity contribution < 1.29 is 4.74 Å². The number of likely N-dealkylation sites (N-methyl/N-ethyl adjacent to an activating group) is 1. The molecule has 1 aromatic carbocycles. The second-order valence-corrected chi connectivity index (χ2v) is 4.58. The fourth-order valence-electron chi connectivity index (χ4n) is 1.26. The molecular formula is C11H16Cl2N2O. The highest BCUT2D eigenvalue weighted by molar-refractivity contribution is 6.35. The van der Waals surface area contributed by atoms with E-state index < -0.39 is 0 Å². The molecule has 16 heavy (non-hydrogen) atoms. The van der Waals surface area contributed by atoms with Crippen LogP contribution in [0.3, 0.4) is 0 Å². The molecule has 0 aromatic heterocycles. The van der Waals surface area contributed by atoms with Crippen molar-refractivity contribution in [2.24, 2.45) is 5.73 Å². The van der Waals surface area contributed by atoms with Crippen LogP contribution in [0.4, 0.5) is 0 Å². The van der Waals surface area contributed by atoms with Crippen LogP contribution in [0, 0.1) is 0 Å². The maximum atomic E-state index is 6.05. The van der Waals surface area contributed by atoms with Crippen LogP contribution in [0.25, 0.3) is 0 Å². The summed E-state index contributed by atoms with van der Waals surface area (Å²) in [6.45, 7) is 1.75. The molecule has 5 heteroatoms. The Balaban J connectivity index is 2.77. The van der Waals surface area contributed by atoms with Gasteiger partial charge in [-0.1, -0.05) is 23.2 Å². The van der Waals surface area contributed by atoms with E-state index in [1.54, 1.807) is 12.1 Å². The van der Waals surface area contributed by atoms with Gasteiger partial charge in [-0.2, -0.15) is 0 Å². The number of hydrogen-bond acceptors (Lipinski definition) is 3. The third kappa shape index (κ3) is 3.83. The maximum absolute atomic E-state index is 6.05. The highest BCUT2D eigenvalue weighted by atomic mass is 35.5. The molecule has 0 amide bonds. The molecule has 0 aliphatic rings. The van der Waals surface area contributed by atoms with Crippen molar-refractivity contribution in [3.63, 3.8) is 0 Å². The Morgan fingerprint density at radius 1 is 1.31 bits per heavy atom. The first-order valence-corrected chi connectivity index (χ1v) is 5.75. The molecule has 0 heterocycles. The Labute approximate surface area is 106 Å². The van der Waals surface area contributed by atoms with Gasteiger partial charge >= 0.3 is 0 Å². The fraction of sp³-hybridized carbons (Fsp3) is 0.455. The minimum atomic E-state index is 0.359. The molecule has 0 spiro atoms. The van der Waals surface area contributed by atoms with E-state index in [2.05, 4.69) is 0 Å². The van der Waals surface area contributed by atoms with Crippen LogP contribution in [0.1, 0.15) is 5.56 Å². The monoisotopic (exact) mass is 262 g/mol. The average molecular weight is 263 g/mol. The lowest BCUT2D eigenvalue weighted by Gasteiger charge is -2.15. The van der Waals surface area contributed by atoms with Crippen LogP contribution in [-0.4, -0.2) is 32.1 Å². The largest absolute Gasteiger partial charge is 0.490 e. The number of benzene rings is 1. The van der Waals surface area contributed by atoms with Crippen molar-refractivity contribution in [1.82, 2.24) is 4.90 Å². The molecule has 3 nitrogen and oxygen atoms in total. The van der Waals surface area contributed by atoms with Crippen molar-refractivity contribution in [1.29, 1.82) is 0 Å². The van der Waals surface area contributed by atoms with Gasteiger partial charge in [0.05, 0.1) is 5.02 Å². The number of nitrogens with zero attached hydrogens (tertiary/aromatic N) is 1. The number of rotatable bonds is 5. The maximum Gasteiger partial charge on any atom is 0.142 e. The predicted octanol–water partition coefficient (Wildman–Crippen LogP) is 2.39. The first kappa shape index (κ1) is 13.6. The lowest BCUT2D eigenvalue weighted by molar-refractivity contribution is 0.259. The molecule has 0 unspecified atom stereocenters. The number of ether oxygens (including phenoxy) is 1. The molecule has 1 rings (SSSR count). The zero-order valence-corrected chi connectivity index (χ0v) is 11.0. The standard InChI is InChI=1S/C11H16Cl2N2O/c1-15(2)3-4-16-11-8(7-14)5-9(12)6-10(11)13/h5-6H,3-4,7,14H2,1-2H3. The minimum Gasteiger partial charge on any atom is -0.490 e. The summed E-state index contributed by atoms with van der Waals surface area (Å²) in [6, 6.07) is 3.44. The highest BCUT2D eigenvalue weighted by Crippen LogP contribution is 2.32. The van der Waals surface area contributed by atoms with Gasteiger partial charge in [0.1, 0.15) is 12.4 Å². The van der Waals surface area contributed by atoms with Gasteiger partial charge in [-0.05, 0) is 26.2 Å². The van der Waals surface area contributed by atoms with E-state index in [1.807, 2.05) is 19.0 Å². The number of nitrogens with two attached hydrogens (primary N) is 1. The highest BCUT2D eigenvalue weighted by Gasteiger charge is 2.09. The van der Waals surface area contributed by atoms with Gasteiger partial charge in [-0.3, -0.25) is 0 Å². The Hall–Kier alpha value is -0.480. The Kier molecular flexibility index (Phi) is 5.35. The third-order valence-corrected chi connectivity index (χ3v) is 2.59. The van der Waals surface area contributed by atoms with E-state index in [1.165, 1.54) is 0 Å². The molecule has 90 valence electrons. The van der Waals surface area contributed by atoms with E-state index in [-0.39, 0.29) is 0 Å². The van der Waals surface area contributed by atoms with Crippen molar-refractivity contribution in [2.45, 2.75) is 6.54 Å². The first-order valence-electron chi connectivity index (χ1n) is 5.00. The van der Waals surface area contributed by atoms with Crippen LogP contribution in [0.2, 0.25) is 10.0 Å². The summed E-state index contributed by atoms with van der Waals surface area (Å²) in [7, 11) is 3.97. The first-order chi connectivity index (χ1) is 7.54. The summed E-state index contributed by atoms with van der Waals surface area (Å²) < 4.78 is 5.61. The zero-order chi connectivity index (χ0) is 12.1. The van der Waals surface area contributed by atoms with Gasteiger partial charge in [-0.15, -0.1) is 0 Å². The second kappa shape index (κ2) is 6.30. The van der Waals surface area contributed by atoms with E-state index >= 15 is 0 Å². The molecule has 0 aliphatic carbocycles. The SMILES string of the molecule is CN(C)CCOc1c(Cl)cc(Cl)cc1CN. The quantitative estimate of drug-likeness (QED) is 0.886. The molecule has 0 atom stereocenters. The lowest BCUT2D eigenvalue weighted by atomic mass is 10.2. The third-order valence-electron chi connectivity index (χ3n) is 2.09. The Morgan fingerprint density at radius 2 is 2.00 bits per heavy atom. The fourth-order valence-corrected chi connectivity index (χ4v) is 1.85. The number of hydrogen-bond donors (Lipinski definition) is 1. The van der Waals surface area contributed by atoms with Crippen molar-refractivity contribution in [3.8, 4) is 5.75 Å². The molecule has 2 N–H and O–H groups in total. The van der Waals surface area contributed by atoms with Crippen LogP contribution >= 0.6 is 23.2 Å². The molecular weight excluding hydrogens is 247 g/mol. The zero-order valence-electron chi connectivity index (χ0n) is 9.46. The van der Waals surface area contributed by atoms with Gasteiger partial charge in [0.15, 0.2) is 0 Å². The molecule has 0 saturated heterocycles. The van der Waals surface area contributed by atoms with E-state index in [0.29, 0.717) is 28.9 Å². The molecule has 1 aromatic rings. The van der Waals surface area contributed by atoms with E-state index in [9.17, 15) is 0 Å². The topological polar surface area (TPSA) is 38.5 Å². The molecule has 0 radical (unpaired) electrons. The Morgan fingerprint density at radius 3 is 2.56 bits per heavy atom. The number of halogens is 2. The van der Waals surface area contributed by atoms with Crippen LogP contribution < -0.4 is 10.5 Å². The Bertz CT molecular complexity index is 356. The van der Waals surface area contributed by atoms with Crippen molar-refractivity contribution >= 4 is 23.2 Å². The predicted molar refractivity (Wildman–Crippen MR) is 68.4 cm³/mol. The summed E-state index contributed by atoms with van der Waals surface area (Å²) in [5, 5.41) is 1.08. The molecule has 0 bridgehead atoms. The smallest absolute Gasteiger partial charge is 0.142 e. The summed E-state index contributed by atoms with van der Waals surface area (Å²) in [4.78, 5) is 2.03. The second-order valence-electron chi connectivity index (χ2n) is 3.73. The van der Waals surface area contributed by atoms with E-state index in [4.69, 9.17) is 33.7 Å². The van der Waals surface area contributed by atoms with Gasteiger partial charge < -0.3 is 15.4 Å². The van der Waals surface area contributed by atoms with Crippen LogP contribution in [-0.2, 0) is 6.54 Å². The van der Waals surface area contributed by atoms with Crippen LogP contribution in [0.15, 0.2) is 12.1 Å². The molecule has 0 fully saturated rings. The van der Waals surface area contributed by atoms with Gasteiger partial charge in [0.2, 0.25) is 0 Å². The average Bonchev–Trinajstić information content (AvgIpc) is 2.20. The lowest BCUT2D eigenvalue weighted by Crippen LogP contribution is -2.20. The van der Waals surface area contributed by atoms with Crippen LogP contribution in [0.5, 0.6) is 5.75 Å². The molecule has 0 aliphatic heterocycles. The summed E-state index contributed by atoms with van der Waals surface area (Å²) >= 11 is 11.9. The molecule has 0 saturated carbocycles. The van der Waals surface area contributed by atoms with Gasteiger partial charge in [0.25, 0.3) is 0 Å². The van der Waals surface area contributed by atoms with Gasteiger partial charge in [0, 0.05) is 23.7 Å². The van der Waals surface area contributed by atoms with Crippen molar-refractivity contribution in [3.05, 3.63) is 27.7 Å². The summed E-state index contributed by atoms with van der Waals surface area (Å²) in [5.41, 5.74) is 6.44. The summed E-state index contributed by atoms with van der Waals surface area (Å²) in [6.07, 6.45) is 0. The summed E-state index contributed by atoms with van der Waals surface area (Å²) in [5.74, 6) is 0.635.